The summed E-state index contributed by atoms with van der Waals surface area (Å²) in [7, 11) is 3.79. The number of carbonyl (C=O) groups is 2. The molecule has 3 aliphatic heterocycles. The molecule has 0 aromatic heterocycles. The van der Waals surface area contributed by atoms with Crippen molar-refractivity contribution in [3.8, 4) is 11.5 Å². The van der Waals surface area contributed by atoms with E-state index in [2.05, 4.69) is 5.32 Å². The number of phenols is 1. The van der Waals surface area contributed by atoms with Gasteiger partial charge in [-0.25, -0.2) is 4.31 Å². The SMILES string of the molecule is CO[C@H]1c2cc(Cl)c(O)cc2O[C@@]12C(=O)N[C@@H]1SSN2C1=O. The van der Waals surface area contributed by atoms with Crippen LogP contribution >= 0.6 is 33.4 Å². The minimum atomic E-state index is -1.64. The highest BCUT2D eigenvalue weighted by atomic mass is 35.5. The number of phenolic OH excluding ortho intramolecular Hbond substituents is 1. The summed E-state index contributed by atoms with van der Waals surface area (Å²) in [6.07, 6.45) is -0.850. The Labute approximate surface area is 137 Å². The molecule has 116 valence electrons. The smallest absolute Gasteiger partial charge is 0.305 e. The first-order valence-electron chi connectivity index (χ1n) is 6.21. The van der Waals surface area contributed by atoms with Crippen molar-refractivity contribution < 1.29 is 24.2 Å². The second kappa shape index (κ2) is 4.60. The van der Waals surface area contributed by atoms with Crippen LogP contribution in [0.15, 0.2) is 12.1 Å². The lowest BCUT2D eigenvalue weighted by atomic mass is 9.98. The number of methoxy groups -OCH3 is 1. The average molecular weight is 361 g/mol. The molecular weight excluding hydrogens is 352 g/mol. The van der Waals surface area contributed by atoms with Gasteiger partial charge in [-0.1, -0.05) is 11.6 Å². The Kier molecular flexibility index (Phi) is 3.00. The molecule has 22 heavy (non-hydrogen) atoms. The molecule has 2 saturated heterocycles. The number of hydrogen-bond donors (Lipinski definition) is 2. The molecule has 0 saturated carbocycles. The zero-order valence-electron chi connectivity index (χ0n) is 11.0. The van der Waals surface area contributed by atoms with Crippen molar-refractivity contribution in [2.24, 2.45) is 0 Å². The molecule has 4 rings (SSSR count). The highest BCUT2D eigenvalue weighted by Gasteiger charge is 2.67. The lowest BCUT2D eigenvalue weighted by Gasteiger charge is -2.40. The summed E-state index contributed by atoms with van der Waals surface area (Å²) in [5.74, 6) is -0.642. The quantitative estimate of drug-likeness (QED) is 0.578. The number of piperazine rings is 1. The van der Waals surface area contributed by atoms with Gasteiger partial charge in [0, 0.05) is 29.7 Å². The Morgan fingerprint density at radius 1 is 1.50 bits per heavy atom. The number of fused-ring (bicyclic) bond motifs is 4. The van der Waals surface area contributed by atoms with Gasteiger partial charge < -0.3 is 19.9 Å². The van der Waals surface area contributed by atoms with Crippen LogP contribution in [0.5, 0.6) is 11.5 Å². The summed E-state index contributed by atoms with van der Waals surface area (Å²) in [6.45, 7) is 0. The Balaban J connectivity index is 1.89. The van der Waals surface area contributed by atoms with Gasteiger partial charge in [0.25, 0.3) is 11.8 Å². The third-order valence-electron chi connectivity index (χ3n) is 3.75. The van der Waals surface area contributed by atoms with Crippen molar-refractivity contribution in [3.63, 3.8) is 0 Å². The van der Waals surface area contributed by atoms with Crippen LogP contribution in [0.3, 0.4) is 0 Å². The van der Waals surface area contributed by atoms with Crippen LogP contribution in [-0.2, 0) is 14.3 Å². The molecule has 7 nitrogen and oxygen atoms in total. The van der Waals surface area contributed by atoms with Gasteiger partial charge in [-0.15, -0.1) is 0 Å². The van der Waals surface area contributed by atoms with Crippen LogP contribution in [0.4, 0.5) is 0 Å². The second-order valence-electron chi connectivity index (χ2n) is 4.91. The zero-order valence-corrected chi connectivity index (χ0v) is 13.4. The molecule has 3 atom stereocenters. The predicted octanol–water partition coefficient (Wildman–Crippen LogP) is 1.42. The molecular formula is C12H9ClN2O5S2. The first kappa shape index (κ1) is 14.3. The normalized spacial score (nSPS) is 32.2. The summed E-state index contributed by atoms with van der Waals surface area (Å²) in [5, 5.41) is 11.9. The van der Waals surface area contributed by atoms with Crippen LogP contribution in [0.25, 0.3) is 0 Å². The Bertz CT molecular complexity index is 717. The zero-order chi connectivity index (χ0) is 15.6. The molecule has 0 unspecified atom stereocenters. The molecule has 1 spiro atoms. The average Bonchev–Trinajstić information content (AvgIpc) is 2.93. The minimum Gasteiger partial charge on any atom is -0.506 e. The Morgan fingerprint density at radius 2 is 2.27 bits per heavy atom. The van der Waals surface area contributed by atoms with E-state index < -0.39 is 23.1 Å². The van der Waals surface area contributed by atoms with E-state index in [1.54, 1.807) is 0 Å². The number of halogens is 1. The van der Waals surface area contributed by atoms with Crippen molar-refractivity contribution in [1.29, 1.82) is 0 Å². The number of amides is 2. The molecule has 1 aromatic rings. The number of ether oxygens (including phenoxy) is 2. The van der Waals surface area contributed by atoms with Crippen molar-refractivity contribution in [2.75, 3.05) is 7.11 Å². The number of benzene rings is 1. The maximum atomic E-state index is 12.6. The monoisotopic (exact) mass is 360 g/mol. The summed E-state index contributed by atoms with van der Waals surface area (Å²) < 4.78 is 12.5. The van der Waals surface area contributed by atoms with Gasteiger partial charge in [0.2, 0.25) is 0 Å². The van der Waals surface area contributed by atoms with Crippen LogP contribution in [-0.4, -0.2) is 39.4 Å². The van der Waals surface area contributed by atoms with Crippen molar-refractivity contribution in [1.82, 2.24) is 9.62 Å². The van der Waals surface area contributed by atoms with Crippen LogP contribution in [0.1, 0.15) is 11.7 Å². The van der Waals surface area contributed by atoms with Crippen LogP contribution < -0.4 is 10.1 Å². The highest BCUT2D eigenvalue weighted by Crippen LogP contribution is 2.57. The van der Waals surface area contributed by atoms with Crippen molar-refractivity contribution >= 4 is 45.2 Å². The number of carbonyl (C=O) groups excluding carboxylic acids is 2. The van der Waals surface area contributed by atoms with Crippen LogP contribution in [0, 0.1) is 0 Å². The van der Waals surface area contributed by atoms with E-state index in [4.69, 9.17) is 21.1 Å². The van der Waals surface area contributed by atoms with E-state index in [9.17, 15) is 14.7 Å². The fourth-order valence-electron chi connectivity index (χ4n) is 2.77. The van der Waals surface area contributed by atoms with E-state index >= 15 is 0 Å². The van der Waals surface area contributed by atoms with Gasteiger partial charge in [0.05, 0.1) is 5.02 Å². The maximum absolute atomic E-state index is 12.6. The first-order chi connectivity index (χ1) is 10.5. The van der Waals surface area contributed by atoms with E-state index in [1.165, 1.54) is 34.3 Å². The highest BCUT2D eigenvalue weighted by molar-refractivity contribution is 8.77. The summed E-state index contributed by atoms with van der Waals surface area (Å²) >= 11 is 5.93. The third kappa shape index (κ3) is 1.59. The molecule has 2 bridgehead atoms. The Morgan fingerprint density at radius 3 is 3.00 bits per heavy atom. The molecule has 2 amide bonds. The largest absolute Gasteiger partial charge is 0.506 e. The molecule has 1 aromatic carbocycles. The van der Waals surface area contributed by atoms with Crippen molar-refractivity contribution in [2.45, 2.75) is 17.2 Å². The topological polar surface area (TPSA) is 88.1 Å². The lowest BCUT2D eigenvalue weighted by molar-refractivity contribution is -0.178. The number of aromatic hydroxyl groups is 1. The summed E-state index contributed by atoms with van der Waals surface area (Å²) in [4.78, 5) is 24.9. The van der Waals surface area contributed by atoms with E-state index in [0.29, 0.717) is 5.56 Å². The van der Waals surface area contributed by atoms with Gasteiger partial charge in [0.15, 0.2) is 11.5 Å². The molecule has 2 N–H and O–H groups in total. The van der Waals surface area contributed by atoms with Gasteiger partial charge in [-0.3, -0.25) is 9.59 Å². The number of hydrogen-bond acceptors (Lipinski definition) is 7. The number of nitrogens with zero attached hydrogens (tertiary/aromatic N) is 1. The molecule has 3 aliphatic rings. The first-order valence-corrected chi connectivity index (χ1v) is 8.76. The summed E-state index contributed by atoms with van der Waals surface area (Å²) in [6, 6.07) is 2.79. The van der Waals surface area contributed by atoms with Crippen molar-refractivity contribution in [3.05, 3.63) is 22.7 Å². The van der Waals surface area contributed by atoms with E-state index in [1.807, 2.05) is 0 Å². The Hall–Kier alpha value is -1.29. The van der Waals surface area contributed by atoms with Gasteiger partial charge >= 0.3 is 5.72 Å². The standard InChI is InChI=1S/C12H9ClN2O5S2/c1-19-8-4-2-5(13)6(16)3-7(4)20-12(8)11(18)14-9-10(17)15(12)22-21-9/h2-3,8-9,16H,1H3,(H,14,18)/t8-,9+,12+/m0/s1. The maximum Gasteiger partial charge on any atom is 0.305 e. The van der Waals surface area contributed by atoms with Crippen LogP contribution in [0.2, 0.25) is 5.02 Å². The molecule has 0 radical (unpaired) electrons. The minimum absolute atomic E-state index is 0.116. The van der Waals surface area contributed by atoms with E-state index in [0.717, 1.165) is 11.0 Å². The predicted molar refractivity (Wildman–Crippen MR) is 80.2 cm³/mol. The fraction of sp³-hybridized carbons (Fsp3) is 0.333. The third-order valence-corrected chi connectivity index (χ3v) is 6.53. The lowest BCUT2D eigenvalue weighted by Crippen LogP contribution is -2.69. The van der Waals surface area contributed by atoms with Gasteiger partial charge in [0.1, 0.15) is 11.5 Å². The molecule has 10 heteroatoms. The second-order valence-corrected chi connectivity index (χ2v) is 7.52. The number of nitrogens with one attached hydrogen (secondary N) is 1. The number of rotatable bonds is 1. The van der Waals surface area contributed by atoms with E-state index in [-0.39, 0.29) is 22.4 Å². The molecule has 0 aliphatic carbocycles. The molecule has 2 fully saturated rings. The summed E-state index contributed by atoms with van der Waals surface area (Å²) in [5.41, 5.74) is -1.14. The molecule has 3 heterocycles. The fourth-order valence-corrected chi connectivity index (χ4v) is 5.49. The van der Waals surface area contributed by atoms with Gasteiger partial charge in [-0.2, -0.15) is 0 Å². The van der Waals surface area contributed by atoms with Gasteiger partial charge in [-0.05, 0) is 16.9 Å².